The van der Waals surface area contributed by atoms with Crippen molar-refractivity contribution >= 4 is 39.1 Å². The topological polar surface area (TPSA) is 61.2 Å². The number of aromatic nitrogens is 2. The van der Waals surface area contributed by atoms with Crippen LogP contribution in [0.4, 0.5) is 0 Å². The van der Waals surface area contributed by atoms with Gasteiger partial charge in [0.05, 0.1) is 11.7 Å². The molecule has 0 spiro atoms. The minimum atomic E-state index is -0.546. The van der Waals surface area contributed by atoms with Gasteiger partial charge in [0.1, 0.15) is 17.1 Å². The van der Waals surface area contributed by atoms with Gasteiger partial charge in [-0.25, -0.2) is 9.78 Å². The molecule has 0 amide bonds. The zero-order valence-corrected chi connectivity index (χ0v) is 16.2. The number of ether oxygens (including phenoxy) is 1. The summed E-state index contributed by atoms with van der Waals surface area (Å²) in [5.41, 5.74) is 1.61. The van der Waals surface area contributed by atoms with E-state index in [-0.39, 0.29) is 12.1 Å². The molecule has 2 aromatic heterocycles. The number of carbonyl (C=O) groups excluding carboxylic acids is 1. The summed E-state index contributed by atoms with van der Waals surface area (Å²) in [4.78, 5) is 29.7. The van der Waals surface area contributed by atoms with Crippen LogP contribution >= 0.6 is 22.9 Å². The van der Waals surface area contributed by atoms with Crippen LogP contribution in [-0.2, 0) is 17.8 Å². The Morgan fingerprint density at radius 2 is 1.96 bits per heavy atom. The molecule has 0 N–H and O–H groups in total. The van der Waals surface area contributed by atoms with Crippen LogP contribution in [0.25, 0.3) is 10.2 Å². The number of halogens is 1. The summed E-state index contributed by atoms with van der Waals surface area (Å²) >= 11 is 7.50. The highest BCUT2D eigenvalue weighted by Crippen LogP contribution is 2.26. The first-order chi connectivity index (χ1) is 13.6. The Balaban J connectivity index is 1.55. The fourth-order valence-electron chi connectivity index (χ4n) is 2.90. The first-order valence-electron chi connectivity index (χ1n) is 8.56. The molecule has 0 saturated heterocycles. The maximum atomic E-state index is 12.5. The fraction of sp³-hybridized carbons (Fsp3) is 0.0952. The van der Waals surface area contributed by atoms with Crippen molar-refractivity contribution in [2.45, 2.75) is 13.0 Å². The summed E-state index contributed by atoms with van der Waals surface area (Å²) < 4.78 is 6.80. The summed E-state index contributed by atoms with van der Waals surface area (Å²) in [5.74, 6) is -0.119. The van der Waals surface area contributed by atoms with Crippen LogP contribution in [0.3, 0.4) is 0 Å². The van der Waals surface area contributed by atoms with Gasteiger partial charge in [-0.1, -0.05) is 41.9 Å². The lowest BCUT2D eigenvalue weighted by Gasteiger charge is -2.11. The Labute approximate surface area is 169 Å². The van der Waals surface area contributed by atoms with Crippen LogP contribution < -0.4 is 10.3 Å². The van der Waals surface area contributed by atoms with Gasteiger partial charge in [-0.05, 0) is 35.2 Å². The molecule has 4 aromatic rings. The van der Waals surface area contributed by atoms with Gasteiger partial charge in [0.15, 0.2) is 0 Å². The Hall–Kier alpha value is -2.96. The van der Waals surface area contributed by atoms with Crippen molar-refractivity contribution in [2.75, 3.05) is 0 Å². The van der Waals surface area contributed by atoms with Crippen molar-refractivity contribution in [3.63, 3.8) is 0 Å². The summed E-state index contributed by atoms with van der Waals surface area (Å²) in [6.45, 7) is -0.217. The summed E-state index contributed by atoms with van der Waals surface area (Å²) in [7, 11) is 0. The van der Waals surface area contributed by atoms with Crippen molar-refractivity contribution in [3.05, 3.63) is 92.8 Å². The van der Waals surface area contributed by atoms with E-state index in [0.717, 1.165) is 11.1 Å². The molecule has 0 aliphatic heterocycles. The number of hydrogen-bond acceptors (Lipinski definition) is 5. The van der Waals surface area contributed by atoms with Crippen LogP contribution in [0.1, 0.15) is 11.1 Å². The molecule has 28 heavy (non-hydrogen) atoms. The van der Waals surface area contributed by atoms with Crippen LogP contribution in [0, 0.1) is 0 Å². The monoisotopic (exact) mass is 410 g/mol. The molecule has 0 bridgehead atoms. The molecule has 7 heteroatoms. The quantitative estimate of drug-likeness (QED) is 0.363. The van der Waals surface area contributed by atoms with Gasteiger partial charge >= 0.3 is 5.97 Å². The second-order valence-corrected chi connectivity index (χ2v) is 7.54. The van der Waals surface area contributed by atoms with Crippen molar-refractivity contribution < 1.29 is 9.53 Å². The Bertz CT molecular complexity index is 1200. The van der Waals surface area contributed by atoms with Crippen molar-refractivity contribution in [1.82, 2.24) is 9.55 Å². The van der Waals surface area contributed by atoms with Crippen LogP contribution in [0.15, 0.2) is 71.1 Å². The third-order valence-electron chi connectivity index (χ3n) is 4.23. The van der Waals surface area contributed by atoms with Crippen molar-refractivity contribution in [3.8, 4) is 5.75 Å². The lowest BCUT2D eigenvalue weighted by molar-refractivity contribution is -0.135. The third-order valence-corrected chi connectivity index (χ3v) is 5.29. The van der Waals surface area contributed by atoms with Gasteiger partial charge in [-0.15, -0.1) is 11.3 Å². The number of fused-ring (bicyclic) bond motifs is 1. The van der Waals surface area contributed by atoms with Crippen molar-refractivity contribution in [2.24, 2.45) is 0 Å². The second-order valence-electron chi connectivity index (χ2n) is 6.21. The lowest BCUT2D eigenvalue weighted by atomic mass is 10.0. The van der Waals surface area contributed by atoms with Crippen molar-refractivity contribution in [1.29, 1.82) is 0 Å². The molecule has 140 valence electrons. The van der Waals surface area contributed by atoms with Gasteiger partial charge in [0.2, 0.25) is 0 Å². The van der Waals surface area contributed by atoms with Gasteiger partial charge in [0.25, 0.3) is 5.56 Å². The molecule has 2 aromatic carbocycles. The van der Waals surface area contributed by atoms with E-state index in [4.69, 9.17) is 16.3 Å². The lowest BCUT2D eigenvalue weighted by Crippen LogP contribution is -2.26. The molecule has 0 fully saturated rings. The average molecular weight is 411 g/mol. The highest BCUT2D eigenvalue weighted by atomic mass is 35.5. The summed E-state index contributed by atoms with van der Waals surface area (Å²) in [6.07, 6.45) is 1.95. The Morgan fingerprint density at radius 1 is 1.14 bits per heavy atom. The number of thiophene rings is 1. The largest absolute Gasteiger partial charge is 0.425 e. The van der Waals surface area contributed by atoms with E-state index in [9.17, 15) is 9.59 Å². The van der Waals surface area contributed by atoms with E-state index in [1.807, 2.05) is 30.3 Å². The molecule has 2 heterocycles. The molecule has 0 aliphatic carbocycles. The van der Waals surface area contributed by atoms with Gasteiger partial charge in [0, 0.05) is 17.0 Å². The smallest absolute Gasteiger partial charge is 0.331 e. The first kappa shape index (κ1) is 18.4. The zero-order chi connectivity index (χ0) is 19.5. The highest BCUT2D eigenvalue weighted by Gasteiger charge is 2.13. The Morgan fingerprint density at radius 3 is 2.79 bits per heavy atom. The van der Waals surface area contributed by atoms with Gasteiger partial charge in [-0.3, -0.25) is 9.36 Å². The number of carbonyl (C=O) groups is 1. The number of nitrogens with zero attached hydrogens (tertiary/aromatic N) is 2. The van der Waals surface area contributed by atoms with Gasteiger partial charge < -0.3 is 4.74 Å². The molecule has 0 unspecified atom stereocenters. The molecule has 4 rings (SSSR count). The summed E-state index contributed by atoms with van der Waals surface area (Å²) in [5, 5.41) is 2.86. The molecule has 5 nitrogen and oxygen atoms in total. The SMILES string of the molecule is O=C(Cn1cnc2sccc2c1=O)Oc1ccc(Cl)cc1Cc1ccccc1. The molecule has 0 atom stereocenters. The molecule has 0 radical (unpaired) electrons. The van der Waals surface area contributed by atoms with E-state index in [2.05, 4.69) is 4.98 Å². The molecule has 0 aliphatic rings. The van der Waals surface area contributed by atoms with Gasteiger partial charge in [-0.2, -0.15) is 0 Å². The first-order valence-corrected chi connectivity index (χ1v) is 9.81. The number of esters is 1. The number of hydrogen-bond donors (Lipinski definition) is 0. The third kappa shape index (κ3) is 3.98. The summed E-state index contributed by atoms with van der Waals surface area (Å²) in [6, 6.07) is 16.7. The molecular weight excluding hydrogens is 396 g/mol. The van der Waals surface area contributed by atoms with Crippen LogP contribution in [0.5, 0.6) is 5.75 Å². The van der Waals surface area contributed by atoms with E-state index >= 15 is 0 Å². The zero-order valence-electron chi connectivity index (χ0n) is 14.7. The number of rotatable bonds is 5. The minimum absolute atomic E-state index is 0.217. The number of benzene rings is 2. The maximum Gasteiger partial charge on any atom is 0.331 e. The van der Waals surface area contributed by atoms with Crippen LogP contribution in [0.2, 0.25) is 5.02 Å². The van der Waals surface area contributed by atoms with E-state index in [1.54, 1.807) is 29.6 Å². The fourth-order valence-corrected chi connectivity index (χ4v) is 3.82. The van der Waals surface area contributed by atoms with E-state index < -0.39 is 5.97 Å². The molecular formula is C21H15ClN2O3S. The average Bonchev–Trinajstić information content (AvgIpc) is 3.17. The second kappa shape index (κ2) is 7.96. The predicted molar refractivity (Wildman–Crippen MR) is 110 cm³/mol. The highest BCUT2D eigenvalue weighted by molar-refractivity contribution is 7.16. The molecule has 0 saturated carbocycles. The Kier molecular flexibility index (Phi) is 5.23. The van der Waals surface area contributed by atoms with E-state index in [0.29, 0.717) is 27.4 Å². The minimum Gasteiger partial charge on any atom is -0.425 e. The van der Waals surface area contributed by atoms with E-state index in [1.165, 1.54) is 22.2 Å². The standard InChI is InChI=1S/C21H15ClN2O3S/c22-16-6-7-18(15(11-16)10-14-4-2-1-3-5-14)27-19(25)12-24-13-23-20-17(21(24)26)8-9-28-20/h1-9,11,13H,10,12H2. The maximum absolute atomic E-state index is 12.5. The van der Waals surface area contributed by atoms with Crippen LogP contribution in [-0.4, -0.2) is 15.5 Å². The predicted octanol–water partition coefficient (Wildman–Crippen LogP) is 4.31. The normalized spacial score (nSPS) is 10.9.